The molecule has 0 unspecified atom stereocenters. The highest BCUT2D eigenvalue weighted by Crippen LogP contribution is 2.06. The minimum atomic E-state index is -0.215. The van der Waals surface area contributed by atoms with Crippen molar-refractivity contribution < 1.29 is 23.9 Å². The molecular weight excluding hydrogens is 336 g/mol. The van der Waals surface area contributed by atoms with Gasteiger partial charge < -0.3 is 20.1 Å². The normalized spacial score (nSPS) is 10.9. The molecule has 1 rings (SSSR count). The van der Waals surface area contributed by atoms with Crippen molar-refractivity contribution in [3.8, 4) is 0 Å². The zero-order valence-corrected chi connectivity index (χ0v) is 15.2. The van der Waals surface area contributed by atoms with Crippen molar-refractivity contribution in [3.63, 3.8) is 0 Å². The molecule has 0 aliphatic heterocycles. The molecule has 0 aliphatic rings. The zero-order chi connectivity index (χ0) is 19.2. The average Bonchev–Trinajstić information content (AvgIpc) is 2.63. The molecule has 1 aromatic rings. The zero-order valence-electron chi connectivity index (χ0n) is 15.2. The van der Waals surface area contributed by atoms with Crippen LogP contribution in [-0.4, -0.2) is 45.0 Å². The largest absolute Gasteiger partial charge is 0.468 e. The number of allylic oxidation sites excluding steroid dienone is 2. The summed E-state index contributed by atoms with van der Waals surface area (Å²) in [4.78, 5) is 33.5. The highest BCUT2D eigenvalue weighted by molar-refractivity contribution is 5.91. The number of amides is 1. The average molecular weight is 362 g/mol. The van der Waals surface area contributed by atoms with Gasteiger partial charge in [-0.25, -0.2) is 0 Å². The van der Waals surface area contributed by atoms with Gasteiger partial charge in [-0.05, 0) is 18.1 Å². The lowest BCUT2D eigenvalue weighted by molar-refractivity contribution is -0.130. The predicted molar refractivity (Wildman–Crippen MR) is 97.3 cm³/mol. The number of hydrogen-bond donors (Lipinski definition) is 2. The van der Waals surface area contributed by atoms with Crippen LogP contribution in [0.3, 0.4) is 0 Å². The quantitative estimate of drug-likeness (QED) is 0.310. The minimum absolute atomic E-state index is 0.0357. The van der Waals surface area contributed by atoms with Gasteiger partial charge in [-0.2, -0.15) is 0 Å². The number of ether oxygens (including phenoxy) is 2. The summed E-state index contributed by atoms with van der Waals surface area (Å²) in [5, 5.41) is 5.67. The summed E-state index contributed by atoms with van der Waals surface area (Å²) in [5.41, 5.74) is 2.69. The van der Waals surface area contributed by atoms with Gasteiger partial charge >= 0.3 is 0 Å². The molecule has 0 spiro atoms. The first-order valence-electron chi connectivity index (χ1n) is 8.41. The van der Waals surface area contributed by atoms with Gasteiger partial charge in [-0.3, -0.25) is 14.4 Å². The van der Waals surface area contributed by atoms with E-state index in [9.17, 15) is 14.4 Å². The van der Waals surface area contributed by atoms with Gasteiger partial charge in [0.1, 0.15) is 6.61 Å². The number of carbonyl (C=O) groups is 3. The molecule has 7 nitrogen and oxygen atoms in total. The molecule has 0 saturated carbocycles. The summed E-state index contributed by atoms with van der Waals surface area (Å²) in [6, 6.07) is 7.53. The number of ketones is 1. The van der Waals surface area contributed by atoms with Gasteiger partial charge in [0.2, 0.25) is 5.91 Å². The Kier molecular flexibility index (Phi) is 10.4. The van der Waals surface area contributed by atoms with Crippen molar-refractivity contribution in [1.29, 1.82) is 0 Å². The van der Waals surface area contributed by atoms with Crippen molar-refractivity contribution in [2.24, 2.45) is 0 Å². The maximum absolute atomic E-state index is 11.9. The highest BCUT2D eigenvalue weighted by Gasteiger charge is 2.04. The third-order valence-electron chi connectivity index (χ3n) is 3.51. The number of rotatable bonds is 13. The number of carbonyl (C=O) groups excluding carboxylic acids is 3. The fourth-order valence-electron chi connectivity index (χ4n) is 2.05. The SMILES string of the molecule is CN/C(C)=C\C(=O)Cc1ccc(CNC(=O)COCCCOC=O)cc1. The highest BCUT2D eigenvalue weighted by atomic mass is 16.5. The second-order valence-corrected chi connectivity index (χ2v) is 5.69. The van der Waals surface area contributed by atoms with Crippen LogP contribution < -0.4 is 10.6 Å². The maximum Gasteiger partial charge on any atom is 0.293 e. The minimum Gasteiger partial charge on any atom is -0.468 e. The van der Waals surface area contributed by atoms with Gasteiger partial charge in [-0.15, -0.1) is 0 Å². The smallest absolute Gasteiger partial charge is 0.293 e. The van der Waals surface area contributed by atoms with E-state index in [-0.39, 0.29) is 24.9 Å². The fraction of sp³-hybridized carbons (Fsp3) is 0.421. The molecule has 0 saturated heterocycles. The Bertz CT molecular complexity index is 611. The predicted octanol–water partition coefficient (Wildman–Crippen LogP) is 1.12. The molecule has 0 fully saturated rings. The summed E-state index contributed by atoms with van der Waals surface area (Å²) in [5.74, 6) is -0.179. The van der Waals surface area contributed by atoms with Crippen LogP contribution in [0.15, 0.2) is 36.0 Å². The monoisotopic (exact) mass is 362 g/mol. The van der Waals surface area contributed by atoms with Crippen LogP contribution in [0.1, 0.15) is 24.5 Å². The summed E-state index contributed by atoms with van der Waals surface area (Å²) in [6.45, 7) is 3.21. The van der Waals surface area contributed by atoms with Crippen molar-refractivity contribution >= 4 is 18.2 Å². The number of hydrogen-bond acceptors (Lipinski definition) is 6. The lowest BCUT2D eigenvalue weighted by Gasteiger charge is -2.07. The maximum atomic E-state index is 11.9. The molecule has 26 heavy (non-hydrogen) atoms. The summed E-state index contributed by atoms with van der Waals surface area (Å²) >= 11 is 0. The topological polar surface area (TPSA) is 93.7 Å². The third-order valence-corrected chi connectivity index (χ3v) is 3.51. The molecule has 0 atom stereocenters. The molecule has 0 aliphatic carbocycles. The van der Waals surface area contributed by atoms with Gasteiger partial charge in [0.15, 0.2) is 5.78 Å². The lowest BCUT2D eigenvalue weighted by atomic mass is 10.1. The van der Waals surface area contributed by atoms with Crippen LogP contribution in [0.4, 0.5) is 0 Å². The van der Waals surface area contributed by atoms with Crippen LogP contribution in [-0.2, 0) is 36.8 Å². The van der Waals surface area contributed by atoms with E-state index in [1.165, 1.54) is 0 Å². The van der Waals surface area contributed by atoms with Crippen molar-refractivity contribution in [2.45, 2.75) is 26.3 Å². The van der Waals surface area contributed by atoms with Crippen molar-refractivity contribution in [3.05, 3.63) is 47.2 Å². The Hall–Kier alpha value is -2.67. The first-order valence-corrected chi connectivity index (χ1v) is 8.41. The molecule has 0 bridgehead atoms. The standard InChI is InChI=1S/C19H26N2O5/c1-15(20-2)10-18(23)11-16-4-6-17(7-5-16)12-21-19(24)13-25-8-3-9-26-14-22/h4-7,10,14,20H,3,8-9,11-13H2,1-2H3,(H,21,24)/b15-10-. The van der Waals surface area contributed by atoms with E-state index in [1.807, 2.05) is 31.2 Å². The Labute approximate surface area is 153 Å². The summed E-state index contributed by atoms with van der Waals surface area (Å²) in [6.07, 6.45) is 2.47. The van der Waals surface area contributed by atoms with Gasteiger partial charge in [-0.1, -0.05) is 24.3 Å². The van der Waals surface area contributed by atoms with Crippen molar-refractivity contribution in [2.75, 3.05) is 26.9 Å². The first-order chi connectivity index (χ1) is 12.5. The molecule has 7 heteroatoms. The Morgan fingerprint density at radius 3 is 2.46 bits per heavy atom. The summed E-state index contributed by atoms with van der Waals surface area (Å²) < 4.78 is 9.69. The van der Waals surface area contributed by atoms with Gasteiger partial charge in [0.05, 0.1) is 13.2 Å². The molecule has 1 amide bonds. The van der Waals surface area contributed by atoms with E-state index >= 15 is 0 Å². The van der Waals surface area contributed by atoms with Crippen LogP contribution in [0.2, 0.25) is 0 Å². The first kappa shape index (κ1) is 21.4. The van der Waals surface area contributed by atoms with Crippen LogP contribution in [0, 0.1) is 0 Å². The molecule has 1 aromatic carbocycles. The Morgan fingerprint density at radius 1 is 1.12 bits per heavy atom. The molecule has 142 valence electrons. The number of nitrogens with one attached hydrogen (secondary N) is 2. The van der Waals surface area contributed by atoms with E-state index < -0.39 is 0 Å². The van der Waals surface area contributed by atoms with E-state index in [0.29, 0.717) is 32.5 Å². The van der Waals surface area contributed by atoms with E-state index in [0.717, 1.165) is 16.8 Å². The van der Waals surface area contributed by atoms with Crippen LogP contribution in [0.25, 0.3) is 0 Å². The molecule has 0 radical (unpaired) electrons. The molecule has 2 N–H and O–H groups in total. The van der Waals surface area contributed by atoms with Gasteiger partial charge in [0.25, 0.3) is 6.47 Å². The van der Waals surface area contributed by atoms with E-state index in [1.54, 1.807) is 13.1 Å². The van der Waals surface area contributed by atoms with E-state index in [4.69, 9.17) is 4.74 Å². The fourth-order valence-corrected chi connectivity index (χ4v) is 2.05. The van der Waals surface area contributed by atoms with Crippen LogP contribution in [0.5, 0.6) is 0 Å². The third kappa shape index (κ3) is 9.58. The second-order valence-electron chi connectivity index (χ2n) is 5.69. The van der Waals surface area contributed by atoms with Crippen molar-refractivity contribution in [1.82, 2.24) is 10.6 Å². The molecular formula is C19H26N2O5. The van der Waals surface area contributed by atoms with Gasteiger partial charge in [0, 0.05) is 38.2 Å². The van der Waals surface area contributed by atoms with E-state index in [2.05, 4.69) is 15.4 Å². The second kappa shape index (κ2) is 12.7. The molecule has 0 heterocycles. The van der Waals surface area contributed by atoms with Crippen LogP contribution >= 0.6 is 0 Å². The number of benzene rings is 1. The summed E-state index contributed by atoms with van der Waals surface area (Å²) in [7, 11) is 1.77. The molecule has 0 aromatic heterocycles. The lowest BCUT2D eigenvalue weighted by Crippen LogP contribution is -2.27. The Morgan fingerprint density at radius 2 is 1.81 bits per heavy atom. The Balaban J connectivity index is 2.28.